The third-order valence-corrected chi connectivity index (χ3v) is 5.61. The Bertz CT molecular complexity index is 521. The molecule has 1 aromatic carbocycles. The van der Waals surface area contributed by atoms with Crippen LogP contribution in [0.5, 0.6) is 0 Å². The van der Waals surface area contributed by atoms with Crippen molar-refractivity contribution >= 4 is 22.8 Å². The van der Waals surface area contributed by atoms with Gasteiger partial charge in [0.15, 0.2) is 0 Å². The highest BCUT2D eigenvalue weighted by molar-refractivity contribution is 7.86. The first-order chi connectivity index (χ1) is 10.7. The largest absolute Gasteiger partial charge is 0.352 e. The monoisotopic (exact) mass is 319 g/mol. The third-order valence-electron chi connectivity index (χ3n) is 4.09. The summed E-state index contributed by atoms with van der Waals surface area (Å²) in [6, 6.07) is 10.2. The maximum Gasteiger partial charge on any atom is 0.235 e. The molecular weight excluding hydrogens is 294 g/mol. The minimum absolute atomic E-state index is 0.0710. The zero-order valence-corrected chi connectivity index (χ0v) is 14.0. The van der Waals surface area contributed by atoms with Gasteiger partial charge in [-0.2, -0.15) is 0 Å². The fourth-order valence-electron chi connectivity index (χ4n) is 2.67. The van der Waals surface area contributed by atoms with Gasteiger partial charge in [0.05, 0.1) is 0 Å². The number of carbonyl (C=O) groups excluding carboxylic acids is 1. The Kier molecular flexibility index (Phi) is 6.84. The summed E-state index contributed by atoms with van der Waals surface area (Å²) < 4.78 is 12.2. The molecule has 1 aliphatic rings. The van der Waals surface area contributed by atoms with Crippen molar-refractivity contribution in [3.63, 3.8) is 0 Å². The minimum atomic E-state index is -1.17. The summed E-state index contributed by atoms with van der Waals surface area (Å²) in [6.45, 7) is 1.75. The van der Waals surface area contributed by atoms with Gasteiger partial charge in [-0.05, 0) is 25.3 Å². The Morgan fingerprint density at radius 3 is 2.64 bits per heavy atom. The fraction of sp³-hybridized carbons (Fsp3) is 0.500. The lowest BCUT2D eigenvalue weighted by atomic mass is 9.95. The molecule has 22 heavy (non-hydrogen) atoms. The lowest BCUT2D eigenvalue weighted by Crippen LogP contribution is -2.43. The normalized spacial score (nSPS) is 19.0. The van der Waals surface area contributed by atoms with E-state index in [-0.39, 0.29) is 11.9 Å². The molecule has 3 nitrogen and oxygen atoms in total. The summed E-state index contributed by atoms with van der Waals surface area (Å²) in [6.07, 6.45) is 9.57. The van der Waals surface area contributed by atoms with Crippen LogP contribution in [0.1, 0.15) is 44.6 Å². The highest BCUT2D eigenvalue weighted by atomic mass is 32.2. The first kappa shape index (κ1) is 16.9. The highest BCUT2D eigenvalue weighted by Gasteiger charge is 2.22. The Morgan fingerprint density at radius 2 is 1.95 bits per heavy atom. The van der Waals surface area contributed by atoms with Gasteiger partial charge in [-0.25, -0.2) is 0 Å². The molecule has 0 saturated heterocycles. The van der Waals surface area contributed by atoms with E-state index in [1.165, 1.54) is 19.3 Å². The standard InChI is InChI=1S/C18H25NO2S/c1-15(18(20)19-17-12-6-3-7-13-17)22(21)14-8-11-16-9-4-2-5-10-16/h2,4-5,8-11,15,17H,3,6-7,12-14H2,1H3,(H,19,20)/b11-8+/t15-,22+/m0/s1. The summed E-state index contributed by atoms with van der Waals surface area (Å²) in [5, 5.41) is 2.60. The predicted octanol–water partition coefficient (Wildman–Crippen LogP) is 3.29. The van der Waals surface area contributed by atoms with E-state index < -0.39 is 16.0 Å². The molecule has 1 saturated carbocycles. The first-order valence-electron chi connectivity index (χ1n) is 8.06. The molecule has 0 aromatic heterocycles. The van der Waals surface area contributed by atoms with Crippen molar-refractivity contribution in [2.24, 2.45) is 0 Å². The number of nitrogens with one attached hydrogen (secondary N) is 1. The van der Waals surface area contributed by atoms with Gasteiger partial charge < -0.3 is 5.32 Å². The van der Waals surface area contributed by atoms with Crippen molar-refractivity contribution in [2.75, 3.05) is 5.75 Å². The number of amides is 1. The second kappa shape index (κ2) is 8.89. The van der Waals surface area contributed by atoms with Gasteiger partial charge in [-0.3, -0.25) is 9.00 Å². The van der Waals surface area contributed by atoms with E-state index in [0.717, 1.165) is 18.4 Å². The van der Waals surface area contributed by atoms with Crippen LogP contribution < -0.4 is 5.32 Å². The van der Waals surface area contributed by atoms with Crippen LogP contribution in [0.4, 0.5) is 0 Å². The van der Waals surface area contributed by atoms with Crippen LogP contribution in [0.2, 0.25) is 0 Å². The molecule has 0 aliphatic heterocycles. The van der Waals surface area contributed by atoms with Gasteiger partial charge in [0, 0.05) is 22.6 Å². The second-order valence-corrected chi connectivity index (χ2v) is 7.65. The van der Waals surface area contributed by atoms with E-state index in [1.54, 1.807) is 6.92 Å². The van der Waals surface area contributed by atoms with E-state index in [1.807, 2.05) is 42.5 Å². The fourth-order valence-corrected chi connectivity index (χ4v) is 3.55. The predicted molar refractivity (Wildman–Crippen MR) is 93.0 cm³/mol. The lowest BCUT2D eigenvalue weighted by molar-refractivity contribution is -0.121. The van der Waals surface area contributed by atoms with Crippen molar-refractivity contribution in [2.45, 2.75) is 50.3 Å². The molecule has 1 aliphatic carbocycles. The Balaban J connectivity index is 1.78. The molecule has 0 unspecified atom stereocenters. The molecule has 1 N–H and O–H groups in total. The highest BCUT2D eigenvalue weighted by Crippen LogP contribution is 2.17. The van der Waals surface area contributed by atoms with Crippen molar-refractivity contribution in [3.8, 4) is 0 Å². The molecule has 1 aromatic rings. The smallest absolute Gasteiger partial charge is 0.235 e. The van der Waals surface area contributed by atoms with E-state index in [0.29, 0.717) is 5.75 Å². The molecule has 0 radical (unpaired) electrons. The van der Waals surface area contributed by atoms with E-state index >= 15 is 0 Å². The quantitative estimate of drug-likeness (QED) is 0.874. The molecule has 2 atom stereocenters. The molecule has 2 rings (SSSR count). The van der Waals surface area contributed by atoms with E-state index in [2.05, 4.69) is 5.32 Å². The van der Waals surface area contributed by atoms with Crippen molar-refractivity contribution in [1.82, 2.24) is 5.32 Å². The molecule has 120 valence electrons. The molecule has 0 heterocycles. The van der Waals surface area contributed by atoms with Gasteiger partial charge in [-0.15, -0.1) is 0 Å². The summed E-state index contributed by atoms with van der Waals surface area (Å²) in [5.41, 5.74) is 1.08. The van der Waals surface area contributed by atoms with Crippen LogP contribution in [-0.2, 0) is 15.6 Å². The van der Waals surface area contributed by atoms with Crippen LogP contribution in [0.15, 0.2) is 36.4 Å². The van der Waals surface area contributed by atoms with Crippen LogP contribution in [0, 0.1) is 0 Å². The number of hydrogen-bond acceptors (Lipinski definition) is 2. The summed E-state index contributed by atoms with van der Waals surface area (Å²) in [5.74, 6) is 0.340. The average Bonchev–Trinajstić information content (AvgIpc) is 2.56. The Labute approximate surface area is 135 Å². The molecule has 1 fully saturated rings. The zero-order valence-electron chi connectivity index (χ0n) is 13.2. The summed E-state index contributed by atoms with van der Waals surface area (Å²) >= 11 is 0. The number of benzene rings is 1. The van der Waals surface area contributed by atoms with Crippen molar-refractivity contribution in [1.29, 1.82) is 0 Å². The van der Waals surface area contributed by atoms with Crippen LogP contribution >= 0.6 is 0 Å². The van der Waals surface area contributed by atoms with Crippen molar-refractivity contribution in [3.05, 3.63) is 42.0 Å². The molecule has 0 spiro atoms. The molecule has 4 heteroatoms. The van der Waals surface area contributed by atoms with Gasteiger partial charge in [0.25, 0.3) is 0 Å². The van der Waals surface area contributed by atoms with E-state index in [9.17, 15) is 9.00 Å². The topological polar surface area (TPSA) is 46.2 Å². The minimum Gasteiger partial charge on any atom is -0.352 e. The van der Waals surface area contributed by atoms with Gasteiger partial charge in [0.2, 0.25) is 5.91 Å². The van der Waals surface area contributed by atoms with Crippen LogP contribution in [-0.4, -0.2) is 27.2 Å². The molecular formula is C18H25NO2S. The lowest BCUT2D eigenvalue weighted by Gasteiger charge is -2.24. The Hall–Kier alpha value is -1.42. The summed E-state index contributed by atoms with van der Waals surface area (Å²) in [7, 11) is -1.17. The third kappa shape index (κ3) is 5.41. The second-order valence-electron chi connectivity index (χ2n) is 5.85. The van der Waals surface area contributed by atoms with Crippen molar-refractivity contribution < 1.29 is 9.00 Å². The number of hydrogen-bond donors (Lipinski definition) is 1. The molecule has 1 amide bonds. The van der Waals surface area contributed by atoms with Gasteiger partial charge in [-0.1, -0.05) is 61.7 Å². The van der Waals surface area contributed by atoms with E-state index in [4.69, 9.17) is 0 Å². The Morgan fingerprint density at radius 1 is 1.27 bits per heavy atom. The average molecular weight is 319 g/mol. The number of carbonyl (C=O) groups is 1. The van der Waals surface area contributed by atoms with Gasteiger partial charge in [0.1, 0.15) is 5.25 Å². The van der Waals surface area contributed by atoms with Crippen LogP contribution in [0.3, 0.4) is 0 Å². The zero-order chi connectivity index (χ0) is 15.8. The SMILES string of the molecule is C[C@@H](C(=O)NC1CCCCC1)[S@](=O)C/C=C/c1ccccc1. The number of rotatable bonds is 6. The maximum absolute atomic E-state index is 12.2. The first-order valence-corrected chi connectivity index (χ1v) is 9.44. The van der Waals surface area contributed by atoms with Crippen LogP contribution in [0.25, 0.3) is 6.08 Å². The molecule has 0 bridgehead atoms. The maximum atomic E-state index is 12.2. The van der Waals surface area contributed by atoms with Gasteiger partial charge >= 0.3 is 0 Å². The summed E-state index contributed by atoms with van der Waals surface area (Å²) in [4.78, 5) is 12.2.